The highest BCUT2D eigenvalue weighted by Gasteiger charge is 2.28. The lowest BCUT2D eigenvalue weighted by Crippen LogP contribution is -2.35. The SMILES string of the molecule is O=C(NCCN1CCCC1)c1c[nH]c2c(O)c(N3CCC(c4cnccn4)C3)ccc2c1=O. The number of pyridine rings is 1. The summed E-state index contributed by atoms with van der Waals surface area (Å²) in [6, 6.07) is 3.43. The second-order valence-corrected chi connectivity index (χ2v) is 8.75. The number of rotatable bonds is 6. The van der Waals surface area contributed by atoms with Gasteiger partial charge in [-0.25, -0.2) is 0 Å². The molecule has 4 heterocycles. The molecule has 2 aromatic heterocycles. The van der Waals surface area contributed by atoms with Crippen LogP contribution in [0.15, 0.2) is 41.7 Å². The summed E-state index contributed by atoms with van der Waals surface area (Å²) in [6.45, 7) is 4.88. The molecule has 33 heavy (non-hydrogen) atoms. The number of nitrogens with one attached hydrogen (secondary N) is 2. The molecule has 3 N–H and O–H groups in total. The van der Waals surface area contributed by atoms with Crippen LogP contribution in [0, 0.1) is 0 Å². The molecule has 2 aliphatic rings. The number of likely N-dealkylation sites (tertiary alicyclic amines) is 1. The molecule has 3 aromatic rings. The van der Waals surface area contributed by atoms with E-state index in [1.165, 1.54) is 19.0 Å². The minimum atomic E-state index is -0.396. The van der Waals surface area contributed by atoms with Crippen LogP contribution in [0.1, 0.15) is 41.2 Å². The molecule has 1 atom stereocenters. The topological polar surface area (TPSA) is 114 Å². The van der Waals surface area contributed by atoms with E-state index in [4.69, 9.17) is 0 Å². The Morgan fingerprint density at radius 1 is 1.21 bits per heavy atom. The predicted molar refractivity (Wildman–Crippen MR) is 126 cm³/mol. The molecule has 0 spiro atoms. The average Bonchev–Trinajstić information content (AvgIpc) is 3.53. The largest absolute Gasteiger partial charge is 0.504 e. The second-order valence-electron chi connectivity index (χ2n) is 8.75. The van der Waals surface area contributed by atoms with E-state index in [-0.39, 0.29) is 22.7 Å². The minimum Gasteiger partial charge on any atom is -0.504 e. The van der Waals surface area contributed by atoms with E-state index < -0.39 is 5.91 Å². The first-order chi connectivity index (χ1) is 16.1. The fourth-order valence-electron chi connectivity index (χ4n) is 4.87. The zero-order chi connectivity index (χ0) is 22.8. The van der Waals surface area contributed by atoms with Gasteiger partial charge in [0, 0.05) is 56.9 Å². The van der Waals surface area contributed by atoms with Crippen molar-refractivity contribution in [2.45, 2.75) is 25.2 Å². The fraction of sp³-hybridized carbons (Fsp3) is 0.417. The number of hydrogen-bond donors (Lipinski definition) is 3. The Morgan fingerprint density at radius 2 is 2.06 bits per heavy atom. The van der Waals surface area contributed by atoms with Gasteiger partial charge in [-0.05, 0) is 44.5 Å². The van der Waals surface area contributed by atoms with Crippen molar-refractivity contribution < 1.29 is 9.90 Å². The van der Waals surface area contributed by atoms with E-state index >= 15 is 0 Å². The molecular formula is C24H28N6O3. The van der Waals surface area contributed by atoms with Gasteiger partial charge in [0.2, 0.25) is 5.43 Å². The lowest BCUT2D eigenvalue weighted by Gasteiger charge is -2.20. The summed E-state index contributed by atoms with van der Waals surface area (Å²) in [5.74, 6) is -0.142. The first-order valence-corrected chi connectivity index (χ1v) is 11.5. The maximum absolute atomic E-state index is 13.0. The maximum Gasteiger partial charge on any atom is 0.256 e. The number of hydrogen-bond acceptors (Lipinski definition) is 7. The summed E-state index contributed by atoms with van der Waals surface area (Å²) in [4.78, 5) is 41.5. The van der Waals surface area contributed by atoms with E-state index in [1.807, 2.05) is 0 Å². The van der Waals surface area contributed by atoms with E-state index in [2.05, 4.69) is 30.1 Å². The molecule has 172 valence electrons. The Kier molecular flexibility index (Phi) is 5.95. The lowest BCUT2D eigenvalue weighted by molar-refractivity contribution is 0.0948. The predicted octanol–water partition coefficient (Wildman–Crippen LogP) is 1.84. The van der Waals surface area contributed by atoms with Crippen molar-refractivity contribution in [2.75, 3.05) is 44.2 Å². The number of amides is 1. The van der Waals surface area contributed by atoms with Gasteiger partial charge in [0.25, 0.3) is 5.91 Å². The van der Waals surface area contributed by atoms with E-state index in [9.17, 15) is 14.7 Å². The normalized spacial score (nSPS) is 18.8. The average molecular weight is 449 g/mol. The number of H-pyrrole nitrogens is 1. The zero-order valence-electron chi connectivity index (χ0n) is 18.5. The Hall–Kier alpha value is -3.46. The zero-order valence-corrected chi connectivity index (χ0v) is 18.5. The smallest absolute Gasteiger partial charge is 0.256 e. The number of carbonyl (C=O) groups excluding carboxylic acids is 1. The molecule has 1 amide bonds. The maximum atomic E-state index is 13.0. The van der Waals surface area contributed by atoms with Crippen LogP contribution in [-0.2, 0) is 0 Å². The quantitative estimate of drug-likeness (QED) is 0.527. The molecule has 1 unspecified atom stereocenters. The Bertz CT molecular complexity index is 1210. The summed E-state index contributed by atoms with van der Waals surface area (Å²) in [5, 5.41) is 14.1. The van der Waals surface area contributed by atoms with Crippen LogP contribution in [0.2, 0.25) is 0 Å². The van der Waals surface area contributed by atoms with Gasteiger partial charge in [-0.3, -0.25) is 19.6 Å². The highest BCUT2D eigenvalue weighted by Crippen LogP contribution is 2.37. The molecule has 0 bridgehead atoms. The number of aromatic amines is 1. The summed E-state index contributed by atoms with van der Waals surface area (Å²) in [5.41, 5.74) is 1.61. The van der Waals surface area contributed by atoms with Crippen LogP contribution >= 0.6 is 0 Å². The van der Waals surface area contributed by atoms with Crippen LogP contribution in [0.3, 0.4) is 0 Å². The van der Waals surface area contributed by atoms with Gasteiger partial charge in [-0.1, -0.05) is 0 Å². The van der Waals surface area contributed by atoms with Gasteiger partial charge in [0.15, 0.2) is 5.75 Å². The third-order valence-corrected chi connectivity index (χ3v) is 6.69. The number of phenols is 1. The second kappa shape index (κ2) is 9.19. The summed E-state index contributed by atoms with van der Waals surface area (Å²) < 4.78 is 0. The molecular weight excluding hydrogens is 420 g/mol. The number of carbonyl (C=O) groups is 1. The van der Waals surface area contributed by atoms with Crippen LogP contribution in [0.25, 0.3) is 10.9 Å². The highest BCUT2D eigenvalue weighted by molar-refractivity contribution is 5.99. The number of benzene rings is 1. The first-order valence-electron chi connectivity index (χ1n) is 11.5. The molecule has 2 aliphatic heterocycles. The van der Waals surface area contributed by atoms with Crippen molar-refractivity contribution in [3.63, 3.8) is 0 Å². The van der Waals surface area contributed by atoms with Gasteiger partial charge >= 0.3 is 0 Å². The van der Waals surface area contributed by atoms with Crippen molar-refractivity contribution in [2.24, 2.45) is 0 Å². The molecule has 0 aliphatic carbocycles. The van der Waals surface area contributed by atoms with Gasteiger partial charge in [0.05, 0.1) is 22.3 Å². The Labute approximate surface area is 191 Å². The Morgan fingerprint density at radius 3 is 2.85 bits per heavy atom. The molecule has 9 heteroatoms. The summed E-state index contributed by atoms with van der Waals surface area (Å²) in [7, 11) is 0. The van der Waals surface area contributed by atoms with Crippen LogP contribution in [0.5, 0.6) is 5.75 Å². The molecule has 9 nitrogen and oxygen atoms in total. The number of nitrogens with zero attached hydrogens (tertiary/aromatic N) is 4. The van der Waals surface area contributed by atoms with Crippen LogP contribution in [-0.4, -0.2) is 70.1 Å². The van der Waals surface area contributed by atoms with Gasteiger partial charge < -0.3 is 25.2 Å². The molecule has 0 saturated carbocycles. The van der Waals surface area contributed by atoms with Gasteiger partial charge in [-0.2, -0.15) is 0 Å². The number of fused-ring (bicyclic) bond motifs is 1. The highest BCUT2D eigenvalue weighted by atomic mass is 16.3. The monoisotopic (exact) mass is 448 g/mol. The molecule has 5 rings (SSSR count). The molecule has 0 radical (unpaired) electrons. The Balaban J connectivity index is 1.32. The fourth-order valence-corrected chi connectivity index (χ4v) is 4.87. The number of aromatic hydroxyl groups is 1. The van der Waals surface area contributed by atoms with Crippen molar-refractivity contribution in [1.82, 2.24) is 25.2 Å². The van der Waals surface area contributed by atoms with E-state index in [0.717, 1.165) is 38.3 Å². The van der Waals surface area contributed by atoms with Gasteiger partial charge in [-0.15, -0.1) is 0 Å². The summed E-state index contributed by atoms with van der Waals surface area (Å²) >= 11 is 0. The molecule has 2 fully saturated rings. The number of aromatic nitrogens is 3. The van der Waals surface area contributed by atoms with Crippen molar-refractivity contribution in [3.05, 3.63) is 58.4 Å². The number of anilines is 1. The third kappa shape index (κ3) is 4.28. The van der Waals surface area contributed by atoms with E-state index in [0.29, 0.717) is 29.7 Å². The molecule has 1 aromatic carbocycles. The van der Waals surface area contributed by atoms with Gasteiger partial charge in [0.1, 0.15) is 5.56 Å². The minimum absolute atomic E-state index is 0.0189. The number of phenolic OH excluding ortho intramolecular Hbond substituents is 1. The van der Waals surface area contributed by atoms with Crippen molar-refractivity contribution >= 4 is 22.5 Å². The van der Waals surface area contributed by atoms with Crippen molar-refractivity contribution in [3.8, 4) is 5.75 Å². The third-order valence-electron chi connectivity index (χ3n) is 6.69. The first kappa shape index (κ1) is 21.4. The van der Waals surface area contributed by atoms with Crippen LogP contribution < -0.4 is 15.6 Å². The van der Waals surface area contributed by atoms with E-state index in [1.54, 1.807) is 30.7 Å². The lowest BCUT2D eigenvalue weighted by atomic mass is 10.1. The molecule has 2 saturated heterocycles. The standard InChI is InChI=1S/C24H28N6O3/c31-22-17-3-4-20(30-11-5-16(15-30)19-14-25-6-7-26-19)23(32)21(17)28-13-18(22)24(33)27-8-12-29-9-1-2-10-29/h3-4,6-7,13-14,16,32H,1-2,5,8-12,15H2,(H,27,33)(H,28,31). The summed E-state index contributed by atoms with van der Waals surface area (Å²) in [6.07, 6.45) is 9.82. The van der Waals surface area contributed by atoms with Crippen molar-refractivity contribution in [1.29, 1.82) is 0 Å². The van der Waals surface area contributed by atoms with Crippen LogP contribution in [0.4, 0.5) is 5.69 Å².